The molecule has 1 aromatic heterocycles. The van der Waals surface area contributed by atoms with Crippen molar-refractivity contribution in [2.45, 2.75) is 35.5 Å². The summed E-state index contributed by atoms with van der Waals surface area (Å²) >= 11 is 7.45. The Hall–Kier alpha value is -3.28. The second-order valence-corrected chi connectivity index (χ2v) is 9.62. The van der Waals surface area contributed by atoms with E-state index in [2.05, 4.69) is 16.4 Å². The number of nitrogens with one attached hydrogen (secondary N) is 1. The molecule has 166 valence electrons. The summed E-state index contributed by atoms with van der Waals surface area (Å²) in [5, 5.41) is 13.0. The van der Waals surface area contributed by atoms with Gasteiger partial charge in [-0.25, -0.2) is 4.98 Å². The second kappa shape index (κ2) is 8.93. The van der Waals surface area contributed by atoms with E-state index in [4.69, 9.17) is 16.9 Å². The van der Waals surface area contributed by atoms with Gasteiger partial charge in [-0.2, -0.15) is 5.26 Å². The van der Waals surface area contributed by atoms with Crippen LogP contribution in [0.2, 0.25) is 5.02 Å². The quantitative estimate of drug-likeness (QED) is 0.608. The number of likely N-dealkylation sites (tertiary alicyclic amines) is 1. The normalized spacial score (nSPS) is 21.6. The Balaban J connectivity index is 1.30. The molecule has 2 aliphatic rings. The monoisotopic (exact) mass is 477 g/mol. The predicted molar refractivity (Wildman–Crippen MR) is 125 cm³/mol. The summed E-state index contributed by atoms with van der Waals surface area (Å²) in [6.45, 7) is 1.04. The zero-order valence-electron chi connectivity index (χ0n) is 17.5. The van der Waals surface area contributed by atoms with Crippen molar-refractivity contribution in [1.82, 2.24) is 19.8 Å². The Bertz CT molecular complexity index is 1250. The van der Waals surface area contributed by atoms with Crippen LogP contribution < -0.4 is 5.32 Å². The van der Waals surface area contributed by atoms with Crippen molar-refractivity contribution >= 4 is 35.2 Å². The van der Waals surface area contributed by atoms with E-state index in [-0.39, 0.29) is 17.9 Å². The number of amides is 2. The second-order valence-electron chi connectivity index (χ2n) is 8.07. The number of hydrogen-bond acceptors (Lipinski definition) is 5. The topological polar surface area (TPSA) is 91.0 Å². The van der Waals surface area contributed by atoms with Gasteiger partial charge in [0.25, 0.3) is 0 Å². The summed E-state index contributed by atoms with van der Waals surface area (Å²) in [4.78, 5) is 32.4. The molecule has 0 saturated carbocycles. The molecular formula is C24H20ClN5O2S. The maximum Gasteiger partial charge on any atom is 0.245 e. The minimum atomic E-state index is -0.549. The molecule has 2 aliphatic heterocycles. The standard InChI is InChI=1S/C24H20ClN5O2S/c25-18-3-1-2-16(12-18)14-29-10-8-19(23(29)32)28-22(31)21-20(30-11-9-27-24(30)33-21)17-6-4-15(13-26)5-7-17/h1-7,9,11-12,19-21H,8,10,14H2,(H,28,31). The first-order valence-electron chi connectivity index (χ1n) is 10.6. The molecule has 5 rings (SSSR count). The molecule has 3 unspecified atom stereocenters. The third kappa shape index (κ3) is 4.22. The van der Waals surface area contributed by atoms with Crippen molar-refractivity contribution in [1.29, 1.82) is 5.26 Å². The van der Waals surface area contributed by atoms with Gasteiger partial charge in [0.2, 0.25) is 11.8 Å². The average Bonchev–Trinajstić information content (AvgIpc) is 3.50. The van der Waals surface area contributed by atoms with Gasteiger partial charge in [0.15, 0.2) is 5.16 Å². The third-order valence-corrected chi connectivity index (χ3v) is 7.46. The van der Waals surface area contributed by atoms with Crippen LogP contribution in [0.25, 0.3) is 0 Å². The number of nitriles is 1. The maximum absolute atomic E-state index is 13.3. The largest absolute Gasteiger partial charge is 0.343 e. The van der Waals surface area contributed by atoms with Crippen LogP contribution in [-0.4, -0.2) is 44.1 Å². The molecule has 3 heterocycles. The molecule has 1 N–H and O–H groups in total. The van der Waals surface area contributed by atoms with Gasteiger partial charge in [-0.3, -0.25) is 9.59 Å². The van der Waals surface area contributed by atoms with Gasteiger partial charge in [0, 0.05) is 30.5 Å². The van der Waals surface area contributed by atoms with Gasteiger partial charge in [0.05, 0.1) is 17.7 Å². The number of rotatable bonds is 5. The van der Waals surface area contributed by atoms with Crippen molar-refractivity contribution in [2.75, 3.05) is 6.54 Å². The number of halogens is 1. The zero-order valence-corrected chi connectivity index (χ0v) is 19.1. The molecule has 1 fully saturated rings. The molecule has 0 aliphatic carbocycles. The number of thioether (sulfide) groups is 1. The van der Waals surface area contributed by atoms with E-state index < -0.39 is 11.3 Å². The number of aromatic nitrogens is 2. The first-order valence-corrected chi connectivity index (χ1v) is 11.8. The van der Waals surface area contributed by atoms with Crippen LogP contribution in [0.3, 0.4) is 0 Å². The van der Waals surface area contributed by atoms with Crippen molar-refractivity contribution in [3.05, 3.63) is 82.6 Å². The molecule has 0 radical (unpaired) electrons. The summed E-state index contributed by atoms with van der Waals surface area (Å²) in [7, 11) is 0. The lowest BCUT2D eigenvalue weighted by Gasteiger charge is -2.22. The van der Waals surface area contributed by atoms with Gasteiger partial charge >= 0.3 is 0 Å². The van der Waals surface area contributed by atoms with Gasteiger partial charge in [-0.15, -0.1) is 0 Å². The lowest BCUT2D eigenvalue weighted by Crippen LogP contribution is -2.45. The lowest BCUT2D eigenvalue weighted by atomic mass is 10.0. The first kappa shape index (κ1) is 21.6. The summed E-state index contributed by atoms with van der Waals surface area (Å²) in [5.41, 5.74) is 2.44. The fourth-order valence-electron chi connectivity index (χ4n) is 4.35. The molecule has 9 heteroatoms. The van der Waals surface area contributed by atoms with Gasteiger partial charge in [-0.05, 0) is 41.8 Å². The fourth-order valence-corrected chi connectivity index (χ4v) is 5.80. The molecule has 1 saturated heterocycles. The van der Waals surface area contributed by atoms with Crippen LogP contribution in [-0.2, 0) is 16.1 Å². The number of benzene rings is 2. The number of hydrogen-bond donors (Lipinski definition) is 1. The van der Waals surface area contributed by atoms with E-state index in [1.54, 1.807) is 29.3 Å². The number of carbonyl (C=O) groups is 2. The highest BCUT2D eigenvalue weighted by atomic mass is 35.5. The van der Waals surface area contributed by atoms with E-state index in [1.165, 1.54) is 11.8 Å². The Morgan fingerprint density at radius 2 is 2.09 bits per heavy atom. The molecule has 7 nitrogen and oxygen atoms in total. The maximum atomic E-state index is 13.3. The lowest BCUT2D eigenvalue weighted by molar-refractivity contribution is -0.133. The average molecular weight is 478 g/mol. The smallest absolute Gasteiger partial charge is 0.245 e. The van der Waals surface area contributed by atoms with Crippen LogP contribution in [0.15, 0.2) is 66.1 Å². The van der Waals surface area contributed by atoms with Gasteiger partial charge < -0.3 is 14.8 Å². The fraction of sp³-hybridized carbons (Fsp3) is 0.250. The molecular weight excluding hydrogens is 458 g/mol. The van der Waals surface area contributed by atoms with Gasteiger partial charge in [-0.1, -0.05) is 47.6 Å². The van der Waals surface area contributed by atoms with Crippen LogP contribution in [0, 0.1) is 11.3 Å². The van der Waals surface area contributed by atoms with Gasteiger partial charge in [0.1, 0.15) is 11.3 Å². The summed E-state index contributed by atoms with van der Waals surface area (Å²) < 4.78 is 1.97. The molecule has 3 aromatic rings. The highest BCUT2D eigenvalue weighted by Gasteiger charge is 2.42. The Kier molecular flexibility index (Phi) is 5.83. The third-order valence-electron chi connectivity index (χ3n) is 5.97. The molecule has 2 amide bonds. The minimum absolute atomic E-state index is 0.0843. The summed E-state index contributed by atoms with van der Waals surface area (Å²) in [5.74, 6) is -0.276. The summed E-state index contributed by atoms with van der Waals surface area (Å²) in [6, 6.07) is 16.0. The van der Waals surface area contributed by atoms with Crippen molar-refractivity contribution in [2.24, 2.45) is 0 Å². The van der Waals surface area contributed by atoms with Crippen LogP contribution in [0.4, 0.5) is 0 Å². The SMILES string of the molecule is N#Cc1ccc(C2C(C(=O)NC3CCN(Cc4cccc(Cl)c4)C3=O)Sc3nccn32)cc1. The minimum Gasteiger partial charge on any atom is -0.343 e. The van der Waals surface area contributed by atoms with Crippen molar-refractivity contribution in [3.8, 4) is 6.07 Å². The van der Waals surface area contributed by atoms with E-state index in [0.29, 0.717) is 30.1 Å². The Labute approximate surface area is 200 Å². The molecule has 2 aromatic carbocycles. The first-order chi connectivity index (χ1) is 16.0. The van der Waals surface area contributed by atoms with Crippen molar-refractivity contribution < 1.29 is 9.59 Å². The van der Waals surface area contributed by atoms with Crippen LogP contribution in [0.1, 0.15) is 29.2 Å². The van der Waals surface area contributed by atoms with E-state index in [1.807, 2.05) is 41.1 Å². The Morgan fingerprint density at radius 1 is 1.27 bits per heavy atom. The molecule has 33 heavy (non-hydrogen) atoms. The van der Waals surface area contributed by atoms with Crippen LogP contribution >= 0.6 is 23.4 Å². The number of fused-ring (bicyclic) bond motifs is 1. The van der Waals surface area contributed by atoms with Crippen LogP contribution in [0.5, 0.6) is 0 Å². The van der Waals surface area contributed by atoms with E-state index in [0.717, 1.165) is 16.3 Å². The number of carbonyl (C=O) groups excluding carboxylic acids is 2. The number of imidazole rings is 1. The van der Waals surface area contributed by atoms with Crippen molar-refractivity contribution in [3.63, 3.8) is 0 Å². The molecule has 3 atom stereocenters. The Morgan fingerprint density at radius 3 is 2.85 bits per heavy atom. The number of nitrogens with zero attached hydrogens (tertiary/aromatic N) is 4. The van der Waals surface area contributed by atoms with E-state index >= 15 is 0 Å². The van der Waals surface area contributed by atoms with E-state index in [9.17, 15) is 9.59 Å². The zero-order chi connectivity index (χ0) is 22.9. The highest BCUT2D eigenvalue weighted by molar-refractivity contribution is 8.00. The molecule has 0 spiro atoms. The molecule has 0 bridgehead atoms. The highest BCUT2D eigenvalue weighted by Crippen LogP contribution is 2.42. The predicted octanol–water partition coefficient (Wildman–Crippen LogP) is 3.39. The summed E-state index contributed by atoms with van der Waals surface area (Å²) in [6.07, 6.45) is 4.13.